The highest BCUT2D eigenvalue weighted by atomic mass is 35.5. The second kappa shape index (κ2) is 19.9. The number of carbonyl (C=O) groups is 1. The van der Waals surface area contributed by atoms with E-state index in [0.717, 1.165) is 29.9 Å². The Hall–Kier alpha value is -6.54. The molecule has 0 aromatic heterocycles. The van der Waals surface area contributed by atoms with E-state index in [1.165, 1.54) is 17.7 Å². The third-order valence-electron chi connectivity index (χ3n) is 9.87. The molecule has 1 N–H and O–H groups in total. The summed E-state index contributed by atoms with van der Waals surface area (Å²) in [4.78, 5) is 14.1. The standard InChI is InChI=1S/C27H26F3NO4.C22H18F3NO2.ClH/c1-26(2,3)35-25(32)31-14-13-20-16-21(10-12-23(20)31)33-17-18-9-11-22(19-7-5-4-6-8-19)24(15-18)34-27(28,29)30;23-22(24,25)28-21-12-15(6-8-19(21)16-4-2-1-3-5-16)14-27-18-7-9-20-17(13-18)10-11-26-20;/h4-12,15-16H,13-14,17H2,1-3H3;1-9,12-13,26H,10-11,14H2;1H. The smallest absolute Gasteiger partial charge is 0.489 e. The number of carbonyl (C=O) groups excluding carboxylic acids is 1. The maximum atomic E-state index is 13.0. The Balaban J connectivity index is 0.000000214. The van der Waals surface area contributed by atoms with E-state index in [1.54, 1.807) is 95.9 Å². The van der Waals surface area contributed by atoms with Crippen molar-refractivity contribution < 1.29 is 54.8 Å². The minimum atomic E-state index is -4.82. The first-order valence-electron chi connectivity index (χ1n) is 20.1. The molecule has 6 aromatic rings. The number of benzene rings is 6. The lowest BCUT2D eigenvalue weighted by molar-refractivity contribution is -0.275. The number of anilines is 2. The molecule has 8 rings (SSSR count). The molecule has 0 fully saturated rings. The highest BCUT2D eigenvalue weighted by Crippen LogP contribution is 2.38. The molecule has 0 bridgehead atoms. The Bertz CT molecular complexity index is 2530. The average Bonchev–Trinajstić information content (AvgIpc) is 3.89. The van der Waals surface area contributed by atoms with Crippen LogP contribution in [0.25, 0.3) is 22.3 Å². The van der Waals surface area contributed by atoms with Crippen LogP contribution in [0.5, 0.6) is 23.0 Å². The van der Waals surface area contributed by atoms with Crippen molar-refractivity contribution in [3.63, 3.8) is 0 Å². The maximum Gasteiger partial charge on any atom is 0.573 e. The van der Waals surface area contributed by atoms with Crippen LogP contribution in [0.4, 0.5) is 42.5 Å². The van der Waals surface area contributed by atoms with Crippen molar-refractivity contribution in [1.82, 2.24) is 0 Å². The lowest BCUT2D eigenvalue weighted by Gasteiger charge is -2.24. The van der Waals surface area contributed by atoms with Crippen molar-refractivity contribution in [1.29, 1.82) is 0 Å². The summed E-state index contributed by atoms with van der Waals surface area (Å²) >= 11 is 0. The molecule has 8 nitrogen and oxygen atoms in total. The number of rotatable bonds is 10. The molecule has 0 spiro atoms. The molecule has 0 saturated heterocycles. The maximum absolute atomic E-state index is 13.0. The Morgan fingerprint density at radius 3 is 1.61 bits per heavy atom. The first-order valence-corrected chi connectivity index (χ1v) is 20.1. The molecule has 0 saturated carbocycles. The minimum absolute atomic E-state index is 0. The van der Waals surface area contributed by atoms with Gasteiger partial charge >= 0.3 is 18.8 Å². The van der Waals surface area contributed by atoms with Crippen molar-refractivity contribution in [2.45, 2.75) is 65.2 Å². The van der Waals surface area contributed by atoms with E-state index in [9.17, 15) is 31.1 Å². The zero-order chi connectivity index (χ0) is 44.8. The number of nitrogens with one attached hydrogen (secondary N) is 1. The van der Waals surface area contributed by atoms with Gasteiger partial charge in [0.2, 0.25) is 0 Å². The fourth-order valence-corrected chi connectivity index (χ4v) is 7.12. The minimum Gasteiger partial charge on any atom is -0.489 e. The largest absolute Gasteiger partial charge is 0.573 e. The monoisotopic (exact) mass is 906 g/mol. The van der Waals surface area contributed by atoms with E-state index in [-0.39, 0.29) is 37.1 Å². The van der Waals surface area contributed by atoms with E-state index in [4.69, 9.17) is 14.2 Å². The summed E-state index contributed by atoms with van der Waals surface area (Å²) in [6, 6.07) is 38.1. The molecule has 336 valence electrons. The van der Waals surface area contributed by atoms with Gasteiger partial charge in [-0.2, -0.15) is 0 Å². The van der Waals surface area contributed by atoms with Crippen molar-refractivity contribution >= 4 is 29.9 Å². The van der Waals surface area contributed by atoms with Crippen LogP contribution in [-0.2, 0) is 30.8 Å². The Labute approximate surface area is 373 Å². The van der Waals surface area contributed by atoms with Crippen molar-refractivity contribution in [3.05, 3.63) is 156 Å². The predicted octanol–water partition coefficient (Wildman–Crippen LogP) is 13.3. The average molecular weight is 907 g/mol. The number of halogens is 7. The van der Waals surface area contributed by atoms with Crippen LogP contribution in [0.15, 0.2) is 133 Å². The molecule has 0 unspecified atom stereocenters. The van der Waals surface area contributed by atoms with E-state index in [1.807, 2.05) is 51.1 Å². The van der Waals surface area contributed by atoms with Gasteiger partial charge in [0.25, 0.3) is 0 Å². The number of hydrogen-bond acceptors (Lipinski definition) is 7. The third-order valence-corrected chi connectivity index (χ3v) is 9.87. The third kappa shape index (κ3) is 12.8. The number of nitrogens with zero attached hydrogens (tertiary/aromatic N) is 1. The highest BCUT2D eigenvalue weighted by Gasteiger charge is 2.34. The van der Waals surface area contributed by atoms with Crippen LogP contribution in [0.1, 0.15) is 43.0 Å². The fraction of sp³-hybridized carbons (Fsp3) is 0.245. The predicted molar refractivity (Wildman–Crippen MR) is 235 cm³/mol. The molecule has 0 atom stereocenters. The topological polar surface area (TPSA) is 78.5 Å². The number of ether oxygens (including phenoxy) is 5. The summed E-state index contributed by atoms with van der Waals surface area (Å²) in [7, 11) is 0. The van der Waals surface area contributed by atoms with Gasteiger partial charge in [-0.3, -0.25) is 4.90 Å². The van der Waals surface area contributed by atoms with E-state index in [2.05, 4.69) is 14.8 Å². The van der Waals surface area contributed by atoms with Gasteiger partial charge in [0.1, 0.15) is 41.8 Å². The molecule has 6 aromatic carbocycles. The zero-order valence-corrected chi connectivity index (χ0v) is 35.8. The van der Waals surface area contributed by atoms with Crippen LogP contribution >= 0.6 is 12.4 Å². The van der Waals surface area contributed by atoms with Gasteiger partial charge in [0, 0.05) is 29.9 Å². The molecule has 0 radical (unpaired) electrons. The SMILES string of the molecule is CC(C)(C)OC(=O)N1CCc2cc(OCc3ccc(-c4ccccc4)c(OC(F)(F)F)c3)ccc21.Cl.FC(F)(F)Oc1cc(COc2ccc3c(c2)CCN3)ccc1-c1ccccc1. The van der Waals surface area contributed by atoms with Crippen LogP contribution in [0, 0.1) is 0 Å². The summed E-state index contributed by atoms with van der Waals surface area (Å²) in [5.74, 6) is 0.720. The van der Waals surface area contributed by atoms with Crippen LogP contribution in [0.2, 0.25) is 0 Å². The first-order chi connectivity index (χ1) is 30.0. The number of fused-ring (bicyclic) bond motifs is 2. The molecular weight excluding hydrogens is 862 g/mol. The van der Waals surface area contributed by atoms with Gasteiger partial charge in [-0.15, -0.1) is 38.7 Å². The second-order valence-electron chi connectivity index (χ2n) is 15.7. The molecule has 0 aliphatic carbocycles. The summed E-state index contributed by atoms with van der Waals surface area (Å²) in [6.07, 6.45) is -8.40. The molecule has 15 heteroatoms. The van der Waals surface area contributed by atoms with Crippen LogP contribution in [0.3, 0.4) is 0 Å². The van der Waals surface area contributed by atoms with Crippen molar-refractivity contribution in [3.8, 4) is 45.3 Å². The van der Waals surface area contributed by atoms with Gasteiger partial charge in [-0.25, -0.2) is 4.79 Å². The summed E-state index contributed by atoms with van der Waals surface area (Å²) < 4.78 is 103. The summed E-state index contributed by atoms with van der Waals surface area (Å²) in [5.41, 5.74) is 6.50. The number of hydrogen-bond donors (Lipinski definition) is 1. The van der Waals surface area contributed by atoms with E-state index in [0.29, 0.717) is 57.8 Å². The van der Waals surface area contributed by atoms with E-state index < -0.39 is 24.4 Å². The Morgan fingerprint density at radius 2 is 1.11 bits per heavy atom. The summed E-state index contributed by atoms with van der Waals surface area (Å²) in [5, 5.41) is 3.27. The van der Waals surface area contributed by atoms with Gasteiger partial charge in [-0.05, 0) is 116 Å². The lowest BCUT2D eigenvalue weighted by Crippen LogP contribution is -2.35. The van der Waals surface area contributed by atoms with Crippen LogP contribution in [-0.4, -0.2) is 37.5 Å². The van der Waals surface area contributed by atoms with Crippen LogP contribution < -0.4 is 29.2 Å². The molecular formula is C49H45ClF6N2O6. The zero-order valence-electron chi connectivity index (χ0n) is 35.0. The number of amides is 1. The second-order valence-corrected chi connectivity index (χ2v) is 15.7. The normalized spacial score (nSPS) is 13.0. The van der Waals surface area contributed by atoms with Gasteiger partial charge in [0.05, 0.1) is 5.69 Å². The van der Waals surface area contributed by atoms with E-state index >= 15 is 0 Å². The molecule has 2 aliphatic rings. The fourth-order valence-electron chi connectivity index (χ4n) is 7.12. The molecule has 2 heterocycles. The van der Waals surface area contributed by atoms with Gasteiger partial charge in [-0.1, -0.05) is 84.9 Å². The van der Waals surface area contributed by atoms with Gasteiger partial charge in [0.15, 0.2) is 0 Å². The first kappa shape index (κ1) is 47.0. The van der Waals surface area contributed by atoms with Crippen molar-refractivity contribution in [2.24, 2.45) is 0 Å². The Kier molecular flexibility index (Phi) is 14.6. The lowest BCUT2D eigenvalue weighted by atomic mass is 10.0. The molecule has 64 heavy (non-hydrogen) atoms. The number of alkyl halides is 6. The van der Waals surface area contributed by atoms with Crippen molar-refractivity contribution in [2.75, 3.05) is 23.3 Å². The summed E-state index contributed by atoms with van der Waals surface area (Å²) in [6.45, 7) is 7.06. The Morgan fingerprint density at radius 1 is 0.609 bits per heavy atom. The van der Waals surface area contributed by atoms with Gasteiger partial charge < -0.3 is 29.0 Å². The highest BCUT2D eigenvalue weighted by molar-refractivity contribution is 5.90. The molecule has 2 aliphatic heterocycles. The quantitative estimate of drug-likeness (QED) is 0.137. The molecule has 1 amide bonds.